The fourth-order valence-electron chi connectivity index (χ4n) is 1.96. The van der Waals surface area contributed by atoms with Crippen LogP contribution in [0.2, 0.25) is 0 Å². The first-order valence-corrected chi connectivity index (χ1v) is 7.08. The molecule has 0 unspecified atom stereocenters. The van der Waals surface area contributed by atoms with Crippen LogP contribution in [0.15, 0.2) is 29.6 Å². The normalized spacial score (nSPS) is 11.8. The maximum atomic E-state index is 4.78. The molecule has 1 aromatic heterocycles. The van der Waals surface area contributed by atoms with Crippen molar-refractivity contribution in [1.29, 1.82) is 0 Å². The summed E-state index contributed by atoms with van der Waals surface area (Å²) in [6.07, 6.45) is 0. The van der Waals surface area contributed by atoms with Crippen LogP contribution in [0.25, 0.3) is 11.3 Å². The number of benzene rings is 1. The summed E-state index contributed by atoms with van der Waals surface area (Å²) in [4.78, 5) is 4.78. The minimum Gasteiger partial charge on any atom is -0.319 e. The Morgan fingerprint density at radius 2 is 1.89 bits per heavy atom. The second-order valence-corrected chi connectivity index (χ2v) is 6.18. The molecule has 0 atom stereocenters. The fourth-order valence-corrected chi connectivity index (χ4v) is 2.91. The molecule has 0 radical (unpaired) electrons. The molecule has 18 heavy (non-hydrogen) atoms. The standard InChI is InChI=1S/C15H20N2S/c1-11-5-7-12(8-6-11)13-9-18-14(17-13)15(2,3)10-16-4/h5-9,16H,10H2,1-4H3. The number of thiazole rings is 1. The zero-order chi connectivity index (χ0) is 13.2. The van der Waals surface area contributed by atoms with E-state index in [9.17, 15) is 0 Å². The van der Waals surface area contributed by atoms with Crippen LogP contribution >= 0.6 is 11.3 Å². The lowest BCUT2D eigenvalue weighted by Crippen LogP contribution is -2.30. The van der Waals surface area contributed by atoms with Crippen molar-refractivity contribution in [3.8, 4) is 11.3 Å². The number of aromatic nitrogens is 1. The molecule has 1 N–H and O–H groups in total. The van der Waals surface area contributed by atoms with E-state index in [1.807, 2.05) is 7.05 Å². The minimum absolute atomic E-state index is 0.0857. The largest absolute Gasteiger partial charge is 0.319 e. The summed E-state index contributed by atoms with van der Waals surface area (Å²) in [6, 6.07) is 8.54. The average molecular weight is 260 g/mol. The Morgan fingerprint density at radius 1 is 1.22 bits per heavy atom. The van der Waals surface area contributed by atoms with E-state index in [4.69, 9.17) is 4.98 Å². The van der Waals surface area contributed by atoms with E-state index in [1.54, 1.807) is 11.3 Å². The van der Waals surface area contributed by atoms with E-state index in [1.165, 1.54) is 16.1 Å². The van der Waals surface area contributed by atoms with Crippen LogP contribution in [0, 0.1) is 6.92 Å². The van der Waals surface area contributed by atoms with Gasteiger partial charge in [0.15, 0.2) is 0 Å². The van der Waals surface area contributed by atoms with E-state index >= 15 is 0 Å². The Bertz CT molecular complexity index is 512. The van der Waals surface area contributed by atoms with Gasteiger partial charge in [-0.2, -0.15) is 0 Å². The van der Waals surface area contributed by atoms with Crippen LogP contribution in [-0.4, -0.2) is 18.6 Å². The minimum atomic E-state index is 0.0857. The van der Waals surface area contributed by atoms with Crippen molar-refractivity contribution >= 4 is 11.3 Å². The van der Waals surface area contributed by atoms with Crippen molar-refractivity contribution in [3.63, 3.8) is 0 Å². The van der Waals surface area contributed by atoms with E-state index in [-0.39, 0.29) is 5.41 Å². The number of rotatable bonds is 4. The fraction of sp³-hybridized carbons (Fsp3) is 0.400. The van der Waals surface area contributed by atoms with Crippen LogP contribution in [0.3, 0.4) is 0 Å². The van der Waals surface area contributed by atoms with Crippen LogP contribution < -0.4 is 5.32 Å². The maximum absolute atomic E-state index is 4.78. The number of aryl methyl sites for hydroxylation is 1. The molecule has 0 aliphatic carbocycles. The quantitative estimate of drug-likeness (QED) is 0.908. The van der Waals surface area contributed by atoms with Gasteiger partial charge in [0.2, 0.25) is 0 Å². The molecule has 2 rings (SSSR count). The van der Waals surface area contributed by atoms with Crippen molar-refractivity contribution in [1.82, 2.24) is 10.3 Å². The van der Waals surface area contributed by atoms with Crippen LogP contribution in [0.4, 0.5) is 0 Å². The third-order valence-corrected chi connectivity index (χ3v) is 4.26. The highest BCUT2D eigenvalue weighted by Gasteiger charge is 2.23. The molecule has 0 bridgehead atoms. The first kappa shape index (κ1) is 13.2. The lowest BCUT2D eigenvalue weighted by molar-refractivity contribution is 0.492. The van der Waals surface area contributed by atoms with Crippen molar-refractivity contribution < 1.29 is 0 Å². The second-order valence-electron chi connectivity index (χ2n) is 5.32. The van der Waals surface area contributed by atoms with Crippen molar-refractivity contribution in [3.05, 3.63) is 40.2 Å². The lowest BCUT2D eigenvalue weighted by atomic mass is 9.94. The van der Waals surface area contributed by atoms with Gasteiger partial charge in [0.1, 0.15) is 5.01 Å². The highest BCUT2D eigenvalue weighted by atomic mass is 32.1. The molecular formula is C15H20N2S. The van der Waals surface area contributed by atoms with E-state index < -0.39 is 0 Å². The van der Waals surface area contributed by atoms with Gasteiger partial charge in [-0.15, -0.1) is 11.3 Å². The Kier molecular flexibility index (Phi) is 3.83. The van der Waals surface area contributed by atoms with Gasteiger partial charge in [-0.3, -0.25) is 0 Å². The van der Waals surface area contributed by atoms with E-state index in [0.717, 1.165) is 12.2 Å². The van der Waals surface area contributed by atoms with Crippen molar-refractivity contribution in [2.45, 2.75) is 26.2 Å². The highest BCUT2D eigenvalue weighted by Crippen LogP contribution is 2.30. The molecule has 96 valence electrons. The van der Waals surface area contributed by atoms with Crippen molar-refractivity contribution in [2.24, 2.45) is 0 Å². The molecule has 0 saturated carbocycles. The van der Waals surface area contributed by atoms with Gasteiger partial charge in [-0.05, 0) is 14.0 Å². The summed E-state index contributed by atoms with van der Waals surface area (Å²) in [5.41, 5.74) is 3.65. The van der Waals surface area contributed by atoms with Gasteiger partial charge < -0.3 is 5.32 Å². The van der Waals surface area contributed by atoms with Gasteiger partial charge >= 0.3 is 0 Å². The molecule has 0 aliphatic rings. The average Bonchev–Trinajstić information content (AvgIpc) is 2.80. The molecule has 0 aliphatic heterocycles. The zero-order valence-corrected chi connectivity index (χ0v) is 12.3. The molecule has 0 fully saturated rings. The first-order valence-electron chi connectivity index (χ1n) is 6.20. The molecule has 2 aromatic rings. The van der Waals surface area contributed by atoms with E-state index in [2.05, 4.69) is 55.7 Å². The summed E-state index contributed by atoms with van der Waals surface area (Å²) in [5, 5.41) is 6.57. The molecule has 0 spiro atoms. The Balaban J connectivity index is 2.28. The summed E-state index contributed by atoms with van der Waals surface area (Å²) >= 11 is 1.74. The molecule has 0 amide bonds. The summed E-state index contributed by atoms with van der Waals surface area (Å²) in [5.74, 6) is 0. The van der Waals surface area contributed by atoms with Crippen LogP contribution in [-0.2, 0) is 5.41 Å². The third kappa shape index (κ3) is 2.79. The van der Waals surface area contributed by atoms with Gasteiger partial charge in [0.05, 0.1) is 5.69 Å². The first-order chi connectivity index (χ1) is 8.53. The summed E-state index contributed by atoms with van der Waals surface area (Å²) in [7, 11) is 1.98. The third-order valence-electron chi connectivity index (χ3n) is 3.05. The Labute approximate surface area is 113 Å². The SMILES string of the molecule is CNCC(C)(C)c1nc(-c2ccc(C)cc2)cs1. The number of hydrogen-bond acceptors (Lipinski definition) is 3. The smallest absolute Gasteiger partial charge is 0.100 e. The maximum Gasteiger partial charge on any atom is 0.100 e. The van der Waals surface area contributed by atoms with E-state index in [0.29, 0.717) is 0 Å². The lowest BCUT2D eigenvalue weighted by Gasteiger charge is -2.21. The second kappa shape index (κ2) is 5.21. The predicted molar refractivity (Wildman–Crippen MR) is 79.2 cm³/mol. The van der Waals surface area contributed by atoms with Gasteiger partial charge in [0, 0.05) is 22.9 Å². The molecule has 1 aromatic carbocycles. The molecule has 2 nitrogen and oxygen atoms in total. The van der Waals surface area contributed by atoms with Crippen LogP contribution in [0.5, 0.6) is 0 Å². The molecule has 1 heterocycles. The van der Waals surface area contributed by atoms with Crippen LogP contribution in [0.1, 0.15) is 24.4 Å². The Hall–Kier alpha value is -1.19. The summed E-state index contributed by atoms with van der Waals surface area (Å²) < 4.78 is 0. The predicted octanol–water partition coefficient (Wildman–Crippen LogP) is 3.62. The van der Waals surface area contributed by atoms with Gasteiger partial charge in [0.25, 0.3) is 0 Å². The topological polar surface area (TPSA) is 24.9 Å². The number of nitrogens with one attached hydrogen (secondary N) is 1. The molecular weight excluding hydrogens is 240 g/mol. The highest BCUT2D eigenvalue weighted by molar-refractivity contribution is 7.10. The zero-order valence-electron chi connectivity index (χ0n) is 11.4. The van der Waals surface area contributed by atoms with Gasteiger partial charge in [-0.1, -0.05) is 43.7 Å². The Morgan fingerprint density at radius 3 is 2.50 bits per heavy atom. The number of nitrogens with zero attached hydrogens (tertiary/aromatic N) is 1. The van der Waals surface area contributed by atoms with Crippen molar-refractivity contribution in [2.75, 3.05) is 13.6 Å². The number of likely N-dealkylation sites (N-methyl/N-ethyl adjacent to an activating group) is 1. The molecule has 3 heteroatoms. The monoisotopic (exact) mass is 260 g/mol. The van der Waals surface area contributed by atoms with Gasteiger partial charge in [-0.25, -0.2) is 4.98 Å². The number of hydrogen-bond donors (Lipinski definition) is 1. The summed E-state index contributed by atoms with van der Waals surface area (Å²) in [6.45, 7) is 7.49. The molecule has 0 saturated heterocycles.